The lowest BCUT2D eigenvalue weighted by Crippen LogP contribution is -2.34. The highest BCUT2D eigenvalue weighted by Crippen LogP contribution is 2.32. The standard InChI is InChI=1S/C12H14Cl3NO3S/c1-4-7(2)16(3)12(17)9-5-8(13)6-10(11(9)14)20(15,18)19/h5-7H,4H2,1-3H3. The fourth-order valence-electron chi connectivity index (χ4n) is 1.56. The molecule has 1 atom stereocenters. The lowest BCUT2D eigenvalue weighted by Gasteiger charge is -2.24. The van der Waals surface area contributed by atoms with Crippen LogP contribution in [0.2, 0.25) is 10.0 Å². The van der Waals surface area contributed by atoms with Crippen LogP contribution in [0.3, 0.4) is 0 Å². The molecule has 0 aliphatic carbocycles. The lowest BCUT2D eigenvalue weighted by molar-refractivity contribution is 0.0740. The second-order valence-corrected chi connectivity index (χ2v) is 7.73. The molecule has 0 fully saturated rings. The van der Waals surface area contributed by atoms with Gasteiger partial charge in [0.15, 0.2) is 0 Å². The molecule has 20 heavy (non-hydrogen) atoms. The summed E-state index contributed by atoms with van der Waals surface area (Å²) in [6.07, 6.45) is 0.751. The number of benzene rings is 1. The van der Waals surface area contributed by atoms with E-state index in [0.717, 1.165) is 12.5 Å². The van der Waals surface area contributed by atoms with Gasteiger partial charge in [-0.3, -0.25) is 4.79 Å². The second kappa shape index (κ2) is 6.52. The quantitative estimate of drug-likeness (QED) is 0.769. The number of rotatable bonds is 4. The average Bonchev–Trinajstić information content (AvgIpc) is 2.37. The zero-order valence-electron chi connectivity index (χ0n) is 11.2. The van der Waals surface area contributed by atoms with Crippen molar-refractivity contribution in [2.24, 2.45) is 0 Å². The number of carbonyl (C=O) groups is 1. The van der Waals surface area contributed by atoms with E-state index in [4.69, 9.17) is 33.9 Å². The third-order valence-electron chi connectivity index (χ3n) is 3.07. The minimum atomic E-state index is -4.08. The van der Waals surface area contributed by atoms with Crippen molar-refractivity contribution in [3.63, 3.8) is 0 Å². The summed E-state index contributed by atoms with van der Waals surface area (Å²) in [7, 11) is 2.82. The third kappa shape index (κ3) is 3.79. The molecule has 0 heterocycles. The molecule has 112 valence electrons. The monoisotopic (exact) mass is 357 g/mol. The zero-order chi connectivity index (χ0) is 15.7. The Kier molecular flexibility index (Phi) is 5.72. The Morgan fingerprint density at radius 1 is 1.35 bits per heavy atom. The van der Waals surface area contributed by atoms with Crippen LogP contribution in [0.1, 0.15) is 30.6 Å². The molecule has 0 saturated carbocycles. The van der Waals surface area contributed by atoms with Gasteiger partial charge in [-0.25, -0.2) is 8.42 Å². The van der Waals surface area contributed by atoms with Gasteiger partial charge >= 0.3 is 0 Å². The molecular formula is C12H14Cl3NO3S. The molecule has 0 aromatic heterocycles. The molecule has 1 aromatic carbocycles. The van der Waals surface area contributed by atoms with Crippen molar-refractivity contribution in [2.75, 3.05) is 7.05 Å². The molecule has 1 unspecified atom stereocenters. The van der Waals surface area contributed by atoms with Crippen molar-refractivity contribution in [1.29, 1.82) is 0 Å². The van der Waals surface area contributed by atoms with Gasteiger partial charge < -0.3 is 4.90 Å². The Bertz CT molecular complexity index is 631. The summed E-state index contributed by atoms with van der Waals surface area (Å²) in [6, 6.07) is 2.43. The van der Waals surface area contributed by atoms with E-state index >= 15 is 0 Å². The van der Waals surface area contributed by atoms with Crippen LogP contribution in [-0.2, 0) is 9.05 Å². The summed E-state index contributed by atoms with van der Waals surface area (Å²) in [5.74, 6) is -0.409. The van der Waals surface area contributed by atoms with Crippen molar-refractivity contribution in [1.82, 2.24) is 4.90 Å². The first-order chi connectivity index (χ1) is 9.09. The van der Waals surface area contributed by atoms with Gasteiger partial charge in [0.25, 0.3) is 15.0 Å². The van der Waals surface area contributed by atoms with E-state index in [2.05, 4.69) is 0 Å². The third-order valence-corrected chi connectivity index (χ3v) is 5.15. The highest BCUT2D eigenvalue weighted by molar-refractivity contribution is 8.13. The van der Waals surface area contributed by atoms with Crippen LogP contribution in [0.25, 0.3) is 0 Å². The maximum atomic E-state index is 12.3. The Balaban J connectivity index is 3.40. The van der Waals surface area contributed by atoms with E-state index in [-0.39, 0.29) is 26.5 Å². The summed E-state index contributed by atoms with van der Waals surface area (Å²) in [4.78, 5) is 13.5. The van der Waals surface area contributed by atoms with Crippen LogP contribution in [-0.4, -0.2) is 32.3 Å². The normalized spacial score (nSPS) is 13.1. The number of hydrogen-bond donors (Lipinski definition) is 0. The van der Waals surface area contributed by atoms with Crippen molar-refractivity contribution >= 4 is 48.8 Å². The Morgan fingerprint density at radius 2 is 1.90 bits per heavy atom. The SMILES string of the molecule is CCC(C)N(C)C(=O)c1cc(Cl)cc(S(=O)(=O)Cl)c1Cl. The molecule has 0 radical (unpaired) electrons. The van der Waals surface area contributed by atoms with Gasteiger partial charge in [0.05, 0.1) is 10.6 Å². The molecule has 1 rings (SSSR count). The molecule has 1 aromatic rings. The van der Waals surface area contributed by atoms with E-state index in [0.29, 0.717) is 0 Å². The average molecular weight is 359 g/mol. The first kappa shape index (κ1) is 17.6. The number of amides is 1. The lowest BCUT2D eigenvalue weighted by atomic mass is 10.1. The Labute approximate surface area is 133 Å². The highest BCUT2D eigenvalue weighted by atomic mass is 35.7. The molecular weight excluding hydrogens is 345 g/mol. The van der Waals surface area contributed by atoms with E-state index in [1.165, 1.54) is 11.0 Å². The molecule has 0 bridgehead atoms. The summed E-state index contributed by atoms with van der Waals surface area (Å²) < 4.78 is 22.9. The van der Waals surface area contributed by atoms with E-state index < -0.39 is 15.0 Å². The van der Waals surface area contributed by atoms with Crippen LogP contribution >= 0.6 is 33.9 Å². The molecule has 0 spiro atoms. The zero-order valence-corrected chi connectivity index (χ0v) is 14.2. The van der Waals surface area contributed by atoms with E-state index in [1.54, 1.807) is 7.05 Å². The van der Waals surface area contributed by atoms with Gasteiger partial charge in [-0.05, 0) is 25.5 Å². The predicted octanol–water partition coefficient (Wildman–Crippen LogP) is 3.79. The summed E-state index contributed by atoms with van der Waals surface area (Å²) in [5.41, 5.74) is 0.0150. The molecule has 0 aliphatic heterocycles. The number of carbonyl (C=O) groups excluding carboxylic acids is 1. The van der Waals surface area contributed by atoms with Crippen LogP contribution in [0.5, 0.6) is 0 Å². The van der Waals surface area contributed by atoms with Crippen LogP contribution in [0.4, 0.5) is 0 Å². The molecule has 8 heteroatoms. The van der Waals surface area contributed by atoms with Crippen LogP contribution in [0.15, 0.2) is 17.0 Å². The molecule has 0 saturated heterocycles. The summed E-state index contributed by atoms with van der Waals surface area (Å²) >= 11 is 11.8. The van der Waals surface area contributed by atoms with Gasteiger partial charge in [-0.2, -0.15) is 0 Å². The van der Waals surface area contributed by atoms with Crippen LogP contribution < -0.4 is 0 Å². The van der Waals surface area contributed by atoms with E-state index in [1.807, 2.05) is 13.8 Å². The molecule has 4 nitrogen and oxygen atoms in total. The van der Waals surface area contributed by atoms with Gasteiger partial charge in [0, 0.05) is 28.8 Å². The number of hydrogen-bond acceptors (Lipinski definition) is 3. The van der Waals surface area contributed by atoms with Crippen molar-refractivity contribution in [3.8, 4) is 0 Å². The van der Waals surface area contributed by atoms with Gasteiger partial charge in [0.2, 0.25) is 0 Å². The van der Waals surface area contributed by atoms with Crippen molar-refractivity contribution in [3.05, 3.63) is 27.7 Å². The van der Waals surface area contributed by atoms with Gasteiger partial charge in [-0.15, -0.1) is 0 Å². The maximum absolute atomic E-state index is 12.3. The summed E-state index contributed by atoms with van der Waals surface area (Å²) in [5, 5.41) is -0.140. The maximum Gasteiger partial charge on any atom is 0.262 e. The van der Waals surface area contributed by atoms with Gasteiger partial charge in [0.1, 0.15) is 4.90 Å². The number of halogens is 3. The second-order valence-electron chi connectivity index (χ2n) is 4.38. The molecule has 0 N–H and O–H groups in total. The predicted molar refractivity (Wildman–Crippen MR) is 81.3 cm³/mol. The van der Waals surface area contributed by atoms with Crippen LogP contribution in [0, 0.1) is 0 Å². The van der Waals surface area contributed by atoms with Crippen molar-refractivity contribution < 1.29 is 13.2 Å². The van der Waals surface area contributed by atoms with Gasteiger partial charge in [-0.1, -0.05) is 30.1 Å². The first-order valence-electron chi connectivity index (χ1n) is 5.80. The minimum Gasteiger partial charge on any atom is -0.339 e. The first-order valence-corrected chi connectivity index (χ1v) is 8.87. The van der Waals surface area contributed by atoms with Crippen molar-refractivity contribution in [2.45, 2.75) is 31.2 Å². The largest absolute Gasteiger partial charge is 0.339 e. The fourth-order valence-corrected chi connectivity index (χ4v) is 3.41. The fraction of sp³-hybridized carbons (Fsp3) is 0.417. The minimum absolute atomic E-state index is 0.0150. The smallest absolute Gasteiger partial charge is 0.262 e. The Morgan fingerprint density at radius 3 is 2.35 bits per heavy atom. The van der Waals surface area contributed by atoms with E-state index in [9.17, 15) is 13.2 Å². The molecule has 1 amide bonds. The summed E-state index contributed by atoms with van der Waals surface area (Å²) in [6.45, 7) is 3.80. The topological polar surface area (TPSA) is 54.5 Å². The highest BCUT2D eigenvalue weighted by Gasteiger charge is 2.25. The molecule has 0 aliphatic rings. The number of nitrogens with zero attached hydrogens (tertiary/aromatic N) is 1. The Hall–Kier alpha value is -0.490.